The summed E-state index contributed by atoms with van der Waals surface area (Å²) >= 11 is 0. The SMILES string of the molecule is O=[N+]([O-])c1ccc(C2=CC=CC=CC2)cc1. The van der Waals surface area contributed by atoms with E-state index in [0.717, 1.165) is 12.0 Å². The summed E-state index contributed by atoms with van der Waals surface area (Å²) in [6.07, 6.45) is 10.9. The van der Waals surface area contributed by atoms with Crippen molar-refractivity contribution in [2.75, 3.05) is 0 Å². The lowest BCUT2D eigenvalue weighted by atomic mass is 10.0. The highest BCUT2D eigenvalue weighted by Gasteiger charge is 2.06. The molecule has 0 N–H and O–H groups in total. The molecule has 1 aromatic carbocycles. The quantitative estimate of drug-likeness (QED) is 0.557. The lowest BCUT2D eigenvalue weighted by molar-refractivity contribution is -0.384. The fourth-order valence-electron chi connectivity index (χ4n) is 1.59. The van der Waals surface area contributed by atoms with Crippen LogP contribution in [0.25, 0.3) is 5.57 Å². The second-order valence-electron chi connectivity index (χ2n) is 3.51. The number of hydrogen-bond acceptors (Lipinski definition) is 2. The van der Waals surface area contributed by atoms with Crippen LogP contribution < -0.4 is 0 Å². The molecule has 0 bridgehead atoms. The van der Waals surface area contributed by atoms with E-state index in [1.807, 2.05) is 24.3 Å². The van der Waals surface area contributed by atoms with Gasteiger partial charge in [-0.2, -0.15) is 0 Å². The standard InChI is InChI=1S/C13H11NO2/c15-14(16)13-9-7-12(8-10-13)11-5-3-1-2-4-6-11/h1-5,7-10H,6H2. The fourth-order valence-corrected chi connectivity index (χ4v) is 1.59. The van der Waals surface area contributed by atoms with Crippen LogP contribution in [0.3, 0.4) is 0 Å². The molecule has 3 heteroatoms. The van der Waals surface area contributed by atoms with E-state index in [0.29, 0.717) is 0 Å². The maximum atomic E-state index is 10.5. The molecular formula is C13H11NO2. The summed E-state index contributed by atoms with van der Waals surface area (Å²) in [5.41, 5.74) is 2.32. The van der Waals surface area contributed by atoms with Gasteiger partial charge >= 0.3 is 0 Å². The number of nitro groups is 1. The number of rotatable bonds is 2. The second-order valence-corrected chi connectivity index (χ2v) is 3.51. The van der Waals surface area contributed by atoms with Crippen LogP contribution in [0.1, 0.15) is 12.0 Å². The summed E-state index contributed by atoms with van der Waals surface area (Å²) in [6.45, 7) is 0. The molecule has 3 nitrogen and oxygen atoms in total. The molecule has 1 aliphatic carbocycles. The lowest BCUT2D eigenvalue weighted by Crippen LogP contribution is -1.88. The Hall–Kier alpha value is -2.16. The van der Waals surface area contributed by atoms with E-state index in [9.17, 15) is 10.1 Å². The summed E-state index contributed by atoms with van der Waals surface area (Å²) in [7, 11) is 0. The zero-order valence-corrected chi connectivity index (χ0v) is 8.67. The van der Waals surface area contributed by atoms with Gasteiger partial charge in [-0.25, -0.2) is 0 Å². The van der Waals surface area contributed by atoms with Crippen LogP contribution in [0.5, 0.6) is 0 Å². The zero-order valence-electron chi connectivity index (χ0n) is 8.67. The van der Waals surface area contributed by atoms with Gasteiger partial charge < -0.3 is 0 Å². The minimum Gasteiger partial charge on any atom is -0.258 e. The Labute approximate surface area is 93.6 Å². The molecule has 0 heterocycles. The average Bonchev–Trinajstić information content (AvgIpc) is 2.57. The van der Waals surface area contributed by atoms with Crippen LogP contribution >= 0.6 is 0 Å². The van der Waals surface area contributed by atoms with Gasteiger partial charge in [-0.1, -0.05) is 30.4 Å². The number of benzene rings is 1. The highest BCUT2D eigenvalue weighted by atomic mass is 16.6. The van der Waals surface area contributed by atoms with Crippen molar-refractivity contribution in [3.8, 4) is 0 Å². The van der Waals surface area contributed by atoms with Gasteiger partial charge in [0.25, 0.3) is 5.69 Å². The summed E-state index contributed by atoms with van der Waals surface area (Å²) in [6, 6.07) is 6.65. The predicted octanol–water partition coefficient (Wildman–Crippen LogP) is 3.49. The fraction of sp³-hybridized carbons (Fsp3) is 0.0769. The summed E-state index contributed by atoms with van der Waals surface area (Å²) < 4.78 is 0. The topological polar surface area (TPSA) is 43.1 Å². The maximum Gasteiger partial charge on any atom is 0.269 e. The first-order valence-electron chi connectivity index (χ1n) is 5.04. The average molecular weight is 213 g/mol. The summed E-state index contributed by atoms with van der Waals surface area (Å²) in [5, 5.41) is 10.5. The molecule has 80 valence electrons. The van der Waals surface area contributed by atoms with E-state index in [1.165, 1.54) is 17.7 Å². The van der Waals surface area contributed by atoms with Crippen LogP contribution in [-0.2, 0) is 0 Å². The molecule has 0 aliphatic heterocycles. The summed E-state index contributed by atoms with van der Waals surface area (Å²) in [5.74, 6) is 0. The van der Waals surface area contributed by atoms with Gasteiger partial charge in [0, 0.05) is 12.1 Å². The molecule has 0 atom stereocenters. The largest absolute Gasteiger partial charge is 0.269 e. The molecule has 0 fully saturated rings. The first-order chi connectivity index (χ1) is 7.77. The maximum absolute atomic E-state index is 10.5. The number of nitro benzene ring substituents is 1. The van der Waals surface area contributed by atoms with Gasteiger partial charge in [-0.15, -0.1) is 0 Å². The number of non-ortho nitro benzene ring substituents is 1. The van der Waals surface area contributed by atoms with Crippen molar-refractivity contribution >= 4 is 11.3 Å². The minimum absolute atomic E-state index is 0.129. The lowest BCUT2D eigenvalue weighted by Gasteiger charge is -2.03. The normalized spacial score (nSPS) is 14.4. The number of nitrogens with zero attached hydrogens (tertiary/aromatic N) is 1. The van der Waals surface area contributed by atoms with E-state index >= 15 is 0 Å². The van der Waals surface area contributed by atoms with Crippen LogP contribution in [0, 0.1) is 10.1 Å². The van der Waals surface area contributed by atoms with E-state index in [2.05, 4.69) is 6.08 Å². The van der Waals surface area contributed by atoms with Crippen LogP contribution in [-0.4, -0.2) is 4.92 Å². The van der Waals surface area contributed by atoms with E-state index in [-0.39, 0.29) is 10.6 Å². The monoisotopic (exact) mass is 213 g/mol. The summed E-state index contributed by atoms with van der Waals surface area (Å²) in [4.78, 5) is 10.1. The van der Waals surface area contributed by atoms with Gasteiger partial charge in [-0.05, 0) is 29.7 Å². The van der Waals surface area contributed by atoms with Gasteiger partial charge in [-0.3, -0.25) is 10.1 Å². The Morgan fingerprint density at radius 1 is 1.06 bits per heavy atom. The smallest absolute Gasteiger partial charge is 0.258 e. The minimum atomic E-state index is -0.384. The first-order valence-corrected chi connectivity index (χ1v) is 5.04. The molecule has 1 aliphatic rings. The Morgan fingerprint density at radius 2 is 1.81 bits per heavy atom. The first kappa shape index (κ1) is 10.4. The molecule has 0 saturated heterocycles. The molecule has 0 radical (unpaired) electrons. The second kappa shape index (κ2) is 4.57. The highest BCUT2D eigenvalue weighted by Crippen LogP contribution is 2.22. The molecule has 0 amide bonds. The van der Waals surface area contributed by atoms with Crippen molar-refractivity contribution in [1.29, 1.82) is 0 Å². The van der Waals surface area contributed by atoms with Crippen molar-refractivity contribution in [2.45, 2.75) is 6.42 Å². The van der Waals surface area contributed by atoms with Crippen molar-refractivity contribution in [3.05, 3.63) is 70.3 Å². The molecule has 0 spiro atoms. The van der Waals surface area contributed by atoms with E-state index < -0.39 is 0 Å². The Bertz CT molecular complexity index is 481. The predicted molar refractivity (Wildman–Crippen MR) is 64.0 cm³/mol. The van der Waals surface area contributed by atoms with Gasteiger partial charge in [0.1, 0.15) is 0 Å². The Morgan fingerprint density at radius 3 is 2.50 bits per heavy atom. The zero-order chi connectivity index (χ0) is 11.4. The third-order valence-electron chi connectivity index (χ3n) is 2.44. The van der Waals surface area contributed by atoms with Gasteiger partial charge in [0.2, 0.25) is 0 Å². The molecular weight excluding hydrogens is 202 g/mol. The highest BCUT2D eigenvalue weighted by molar-refractivity contribution is 5.69. The third kappa shape index (κ3) is 2.25. The molecule has 2 rings (SSSR count). The van der Waals surface area contributed by atoms with Gasteiger partial charge in [0.05, 0.1) is 4.92 Å². The van der Waals surface area contributed by atoms with E-state index in [4.69, 9.17) is 0 Å². The van der Waals surface area contributed by atoms with Crippen molar-refractivity contribution < 1.29 is 4.92 Å². The van der Waals surface area contributed by atoms with Crippen molar-refractivity contribution in [2.24, 2.45) is 0 Å². The van der Waals surface area contributed by atoms with Crippen molar-refractivity contribution in [1.82, 2.24) is 0 Å². The van der Waals surface area contributed by atoms with Crippen LogP contribution in [0.15, 0.2) is 54.6 Å². The third-order valence-corrected chi connectivity index (χ3v) is 2.44. The molecule has 16 heavy (non-hydrogen) atoms. The van der Waals surface area contributed by atoms with Crippen molar-refractivity contribution in [3.63, 3.8) is 0 Å². The van der Waals surface area contributed by atoms with Crippen LogP contribution in [0.4, 0.5) is 5.69 Å². The molecule has 1 aromatic rings. The molecule has 0 unspecified atom stereocenters. The van der Waals surface area contributed by atoms with Gasteiger partial charge in [0.15, 0.2) is 0 Å². The molecule has 0 aromatic heterocycles. The van der Waals surface area contributed by atoms with E-state index in [1.54, 1.807) is 12.1 Å². The number of hydrogen-bond donors (Lipinski definition) is 0. The molecule has 0 saturated carbocycles. The number of allylic oxidation sites excluding steroid dienone is 6. The Kier molecular flexibility index (Phi) is 2.96. The Balaban J connectivity index is 2.28. The van der Waals surface area contributed by atoms with Crippen LogP contribution in [0.2, 0.25) is 0 Å².